The summed E-state index contributed by atoms with van der Waals surface area (Å²) in [5, 5.41) is 2.81. The minimum absolute atomic E-state index is 0.0291. The molecule has 0 spiro atoms. The standard InChI is InChI=1S/C17H20N2O2S/c1-2-3-11-22-16-8-6-14(7-9-16)19-17(20)13-21-15-5-4-10-18-12-15/h4-10,12H,2-3,11,13H2,1H3,(H,19,20). The number of aromatic nitrogens is 1. The molecule has 5 heteroatoms. The molecule has 22 heavy (non-hydrogen) atoms. The fourth-order valence-corrected chi connectivity index (χ4v) is 2.74. The summed E-state index contributed by atoms with van der Waals surface area (Å²) in [5.41, 5.74) is 0.777. The van der Waals surface area contributed by atoms with Crippen molar-refractivity contribution in [3.05, 3.63) is 48.8 Å². The van der Waals surface area contributed by atoms with Gasteiger partial charge in [0.15, 0.2) is 6.61 Å². The fourth-order valence-electron chi connectivity index (χ4n) is 1.75. The molecular weight excluding hydrogens is 296 g/mol. The molecule has 2 rings (SSSR count). The Morgan fingerprint density at radius 3 is 2.77 bits per heavy atom. The number of nitrogens with one attached hydrogen (secondary N) is 1. The van der Waals surface area contributed by atoms with Crippen molar-refractivity contribution >= 4 is 23.4 Å². The number of carbonyl (C=O) groups is 1. The number of benzene rings is 1. The van der Waals surface area contributed by atoms with Crippen LogP contribution in [0.5, 0.6) is 5.75 Å². The van der Waals surface area contributed by atoms with Crippen LogP contribution in [0.3, 0.4) is 0 Å². The van der Waals surface area contributed by atoms with E-state index in [1.807, 2.05) is 36.0 Å². The Hall–Kier alpha value is -2.01. The topological polar surface area (TPSA) is 51.2 Å². The first kappa shape index (κ1) is 16.4. The smallest absolute Gasteiger partial charge is 0.262 e. The maximum absolute atomic E-state index is 11.8. The molecule has 1 amide bonds. The van der Waals surface area contributed by atoms with E-state index in [9.17, 15) is 4.79 Å². The number of rotatable bonds is 8. The number of anilines is 1. The lowest BCUT2D eigenvalue weighted by Gasteiger charge is -2.08. The quantitative estimate of drug-likeness (QED) is 0.591. The number of ether oxygens (including phenoxy) is 1. The predicted molar refractivity (Wildman–Crippen MR) is 90.4 cm³/mol. The van der Waals surface area contributed by atoms with Gasteiger partial charge in [-0.25, -0.2) is 0 Å². The summed E-state index contributed by atoms with van der Waals surface area (Å²) >= 11 is 1.84. The Morgan fingerprint density at radius 2 is 2.09 bits per heavy atom. The minimum atomic E-state index is -0.185. The number of carbonyl (C=O) groups excluding carboxylic acids is 1. The molecule has 1 aromatic carbocycles. The lowest BCUT2D eigenvalue weighted by atomic mass is 10.3. The average Bonchev–Trinajstić information content (AvgIpc) is 2.56. The Labute approximate surface area is 135 Å². The van der Waals surface area contributed by atoms with E-state index in [0.717, 1.165) is 11.4 Å². The van der Waals surface area contributed by atoms with E-state index in [-0.39, 0.29) is 12.5 Å². The van der Waals surface area contributed by atoms with E-state index in [1.54, 1.807) is 24.5 Å². The highest BCUT2D eigenvalue weighted by atomic mass is 32.2. The molecule has 0 saturated heterocycles. The van der Waals surface area contributed by atoms with Crippen molar-refractivity contribution in [1.29, 1.82) is 0 Å². The van der Waals surface area contributed by atoms with Gasteiger partial charge in [-0.15, -0.1) is 11.8 Å². The first-order valence-corrected chi connectivity index (χ1v) is 8.32. The van der Waals surface area contributed by atoms with E-state index in [4.69, 9.17) is 4.74 Å². The van der Waals surface area contributed by atoms with Crippen LogP contribution in [0.2, 0.25) is 0 Å². The van der Waals surface area contributed by atoms with E-state index in [2.05, 4.69) is 17.2 Å². The van der Waals surface area contributed by atoms with Gasteiger partial charge >= 0.3 is 0 Å². The SMILES string of the molecule is CCCCSc1ccc(NC(=O)COc2cccnc2)cc1. The zero-order valence-corrected chi connectivity index (χ0v) is 13.4. The lowest BCUT2D eigenvalue weighted by Crippen LogP contribution is -2.20. The van der Waals surface area contributed by atoms with Crippen LogP contribution in [0.4, 0.5) is 5.69 Å². The maximum Gasteiger partial charge on any atom is 0.262 e. The van der Waals surface area contributed by atoms with Gasteiger partial charge in [-0.05, 0) is 48.6 Å². The molecule has 4 nitrogen and oxygen atoms in total. The minimum Gasteiger partial charge on any atom is -0.482 e. The molecule has 0 radical (unpaired) electrons. The van der Waals surface area contributed by atoms with Crippen molar-refractivity contribution in [2.75, 3.05) is 17.7 Å². The molecule has 116 valence electrons. The third kappa shape index (κ3) is 5.77. The van der Waals surface area contributed by atoms with Crippen LogP contribution < -0.4 is 10.1 Å². The number of amides is 1. The summed E-state index contributed by atoms with van der Waals surface area (Å²) in [5.74, 6) is 1.52. The maximum atomic E-state index is 11.8. The van der Waals surface area contributed by atoms with Gasteiger partial charge in [-0.2, -0.15) is 0 Å². The van der Waals surface area contributed by atoms with Crippen LogP contribution in [-0.4, -0.2) is 23.3 Å². The first-order chi connectivity index (χ1) is 10.8. The van der Waals surface area contributed by atoms with Gasteiger partial charge in [0.2, 0.25) is 0 Å². The number of pyridine rings is 1. The van der Waals surface area contributed by atoms with E-state index >= 15 is 0 Å². The van der Waals surface area contributed by atoms with Crippen LogP contribution in [0.15, 0.2) is 53.7 Å². The summed E-state index contributed by atoms with van der Waals surface area (Å²) < 4.78 is 5.35. The van der Waals surface area contributed by atoms with Crippen LogP contribution in [-0.2, 0) is 4.79 Å². The third-order valence-electron chi connectivity index (χ3n) is 2.91. The molecule has 0 aliphatic rings. The van der Waals surface area contributed by atoms with Gasteiger partial charge in [0.25, 0.3) is 5.91 Å². The molecule has 1 aromatic heterocycles. The second-order valence-electron chi connectivity index (χ2n) is 4.75. The van der Waals surface area contributed by atoms with E-state index in [1.165, 1.54) is 17.7 Å². The van der Waals surface area contributed by atoms with Crippen LogP contribution in [0, 0.1) is 0 Å². The number of hydrogen-bond donors (Lipinski definition) is 1. The molecule has 0 bridgehead atoms. The van der Waals surface area contributed by atoms with Crippen molar-refractivity contribution in [1.82, 2.24) is 4.98 Å². The molecule has 0 aliphatic carbocycles. The van der Waals surface area contributed by atoms with E-state index in [0.29, 0.717) is 5.75 Å². The summed E-state index contributed by atoms with van der Waals surface area (Å²) in [6.07, 6.45) is 5.66. The molecule has 0 aliphatic heterocycles. The lowest BCUT2D eigenvalue weighted by molar-refractivity contribution is -0.118. The highest BCUT2D eigenvalue weighted by Crippen LogP contribution is 2.21. The molecule has 1 heterocycles. The average molecular weight is 316 g/mol. The fraction of sp³-hybridized carbons (Fsp3) is 0.294. The summed E-state index contributed by atoms with van der Waals surface area (Å²) in [7, 11) is 0. The van der Waals surface area contributed by atoms with Gasteiger partial charge in [0.1, 0.15) is 5.75 Å². The van der Waals surface area contributed by atoms with Gasteiger partial charge in [0.05, 0.1) is 6.20 Å². The highest BCUT2D eigenvalue weighted by Gasteiger charge is 2.04. The van der Waals surface area contributed by atoms with Crippen LogP contribution in [0.25, 0.3) is 0 Å². The van der Waals surface area contributed by atoms with Crippen LogP contribution in [0.1, 0.15) is 19.8 Å². The summed E-state index contributed by atoms with van der Waals surface area (Å²) in [6, 6.07) is 11.4. The monoisotopic (exact) mass is 316 g/mol. The van der Waals surface area contributed by atoms with Crippen molar-refractivity contribution in [3.8, 4) is 5.75 Å². The Bertz CT molecular complexity index is 573. The van der Waals surface area contributed by atoms with Gasteiger partial charge in [-0.1, -0.05) is 13.3 Å². The Morgan fingerprint density at radius 1 is 1.27 bits per heavy atom. The summed E-state index contributed by atoms with van der Waals surface area (Å²) in [4.78, 5) is 17.0. The van der Waals surface area contributed by atoms with Gasteiger partial charge in [0, 0.05) is 16.8 Å². The third-order valence-corrected chi connectivity index (χ3v) is 4.01. The first-order valence-electron chi connectivity index (χ1n) is 7.33. The molecule has 0 unspecified atom stereocenters. The molecular formula is C17H20N2O2S. The Balaban J connectivity index is 1.76. The molecule has 1 N–H and O–H groups in total. The normalized spacial score (nSPS) is 10.2. The molecule has 0 atom stereocenters. The molecule has 2 aromatic rings. The number of nitrogens with zero attached hydrogens (tertiary/aromatic N) is 1. The van der Waals surface area contributed by atoms with Crippen LogP contribution >= 0.6 is 11.8 Å². The van der Waals surface area contributed by atoms with Crippen molar-refractivity contribution in [3.63, 3.8) is 0 Å². The summed E-state index contributed by atoms with van der Waals surface area (Å²) in [6.45, 7) is 2.16. The van der Waals surface area contributed by atoms with Gasteiger partial charge < -0.3 is 10.1 Å². The number of thioether (sulfide) groups is 1. The zero-order valence-electron chi connectivity index (χ0n) is 12.6. The largest absolute Gasteiger partial charge is 0.482 e. The van der Waals surface area contributed by atoms with Gasteiger partial charge in [-0.3, -0.25) is 9.78 Å². The van der Waals surface area contributed by atoms with Crippen molar-refractivity contribution < 1.29 is 9.53 Å². The Kier molecular flexibility index (Phi) is 6.77. The highest BCUT2D eigenvalue weighted by molar-refractivity contribution is 7.99. The molecule has 0 fully saturated rings. The number of unbranched alkanes of at least 4 members (excludes halogenated alkanes) is 1. The van der Waals surface area contributed by atoms with Crippen molar-refractivity contribution in [2.45, 2.75) is 24.7 Å². The number of hydrogen-bond acceptors (Lipinski definition) is 4. The van der Waals surface area contributed by atoms with E-state index < -0.39 is 0 Å². The zero-order chi connectivity index (χ0) is 15.6. The molecule has 0 saturated carbocycles. The predicted octanol–water partition coefficient (Wildman–Crippen LogP) is 3.99. The second-order valence-corrected chi connectivity index (χ2v) is 5.92. The van der Waals surface area contributed by atoms with Crippen molar-refractivity contribution in [2.24, 2.45) is 0 Å². The second kappa shape index (κ2) is 9.10.